The largest absolute Gasteiger partial charge is 0.462 e. The second kappa shape index (κ2) is 9.03. The summed E-state index contributed by atoms with van der Waals surface area (Å²) in [6, 6.07) is 15.3. The molecular weight excluding hydrogens is 334 g/mol. The summed E-state index contributed by atoms with van der Waals surface area (Å²) in [6.45, 7) is 2.75. The molecule has 0 amide bonds. The third-order valence-corrected chi connectivity index (χ3v) is 3.78. The molecule has 0 aliphatic rings. The van der Waals surface area contributed by atoms with Gasteiger partial charge < -0.3 is 20.3 Å². The van der Waals surface area contributed by atoms with E-state index in [0.29, 0.717) is 23.8 Å². The van der Waals surface area contributed by atoms with E-state index >= 15 is 0 Å². The van der Waals surface area contributed by atoms with Gasteiger partial charge in [0.05, 0.1) is 12.2 Å². The molecular formula is C19H23N3O2S. The van der Waals surface area contributed by atoms with Crippen molar-refractivity contribution in [3.63, 3.8) is 0 Å². The van der Waals surface area contributed by atoms with Gasteiger partial charge in [-0.25, -0.2) is 4.79 Å². The van der Waals surface area contributed by atoms with Crippen LogP contribution >= 0.6 is 12.2 Å². The standard InChI is InChI=1S/C19H23N3O2S/c1-4-24-18(23)15-6-5-7-16(12-15)21-19(25)20-13-14-8-10-17(11-9-14)22(2)3/h5-12H,4,13H2,1-3H3,(H2,20,21,25). The first-order valence-corrected chi connectivity index (χ1v) is 8.48. The molecule has 0 fully saturated rings. The minimum atomic E-state index is -0.342. The fraction of sp³-hybridized carbons (Fsp3) is 0.263. The highest BCUT2D eigenvalue weighted by Gasteiger charge is 2.07. The molecule has 0 aliphatic heterocycles. The molecule has 132 valence electrons. The van der Waals surface area contributed by atoms with E-state index in [0.717, 1.165) is 16.9 Å². The molecule has 5 nitrogen and oxygen atoms in total. The van der Waals surface area contributed by atoms with E-state index in [1.807, 2.05) is 20.2 Å². The number of rotatable bonds is 6. The van der Waals surface area contributed by atoms with Gasteiger partial charge in [-0.05, 0) is 55.0 Å². The van der Waals surface area contributed by atoms with E-state index in [4.69, 9.17) is 17.0 Å². The van der Waals surface area contributed by atoms with Gasteiger partial charge in [0.25, 0.3) is 0 Å². The van der Waals surface area contributed by atoms with Crippen molar-refractivity contribution in [2.45, 2.75) is 13.5 Å². The Kier molecular flexibility index (Phi) is 6.77. The van der Waals surface area contributed by atoms with Gasteiger partial charge in [0.15, 0.2) is 5.11 Å². The normalized spacial score (nSPS) is 10.0. The first kappa shape index (κ1) is 18.7. The van der Waals surface area contributed by atoms with Crippen molar-refractivity contribution in [3.05, 3.63) is 59.7 Å². The van der Waals surface area contributed by atoms with Crippen LogP contribution in [0, 0.1) is 0 Å². The summed E-state index contributed by atoms with van der Waals surface area (Å²) in [7, 11) is 4.02. The number of benzene rings is 2. The zero-order valence-electron chi connectivity index (χ0n) is 14.7. The summed E-state index contributed by atoms with van der Waals surface area (Å²) in [5, 5.41) is 6.74. The summed E-state index contributed by atoms with van der Waals surface area (Å²) >= 11 is 5.32. The molecule has 0 bridgehead atoms. The Hall–Kier alpha value is -2.60. The van der Waals surface area contributed by atoms with Crippen LogP contribution in [0.3, 0.4) is 0 Å². The lowest BCUT2D eigenvalue weighted by atomic mass is 10.2. The van der Waals surface area contributed by atoms with Crippen molar-refractivity contribution in [2.75, 3.05) is 30.9 Å². The number of anilines is 2. The van der Waals surface area contributed by atoms with Crippen molar-refractivity contribution < 1.29 is 9.53 Å². The Morgan fingerprint density at radius 1 is 1.16 bits per heavy atom. The Bertz CT molecular complexity index is 730. The van der Waals surface area contributed by atoms with Gasteiger partial charge in [0, 0.05) is 32.0 Å². The molecule has 0 aliphatic carbocycles. The van der Waals surface area contributed by atoms with Crippen molar-refractivity contribution in [1.29, 1.82) is 0 Å². The van der Waals surface area contributed by atoms with Gasteiger partial charge in [0.2, 0.25) is 0 Å². The first-order chi connectivity index (χ1) is 12.0. The highest BCUT2D eigenvalue weighted by atomic mass is 32.1. The molecule has 25 heavy (non-hydrogen) atoms. The van der Waals surface area contributed by atoms with E-state index in [1.54, 1.807) is 25.1 Å². The lowest BCUT2D eigenvalue weighted by Gasteiger charge is -2.14. The average molecular weight is 357 g/mol. The molecule has 2 aromatic carbocycles. The monoisotopic (exact) mass is 357 g/mol. The van der Waals surface area contributed by atoms with Gasteiger partial charge in [0.1, 0.15) is 0 Å². The van der Waals surface area contributed by atoms with Crippen LogP contribution in [0.5, 0.6) is 0 Å². The highest BCUT2D eigenvalue weighted by Crippen LogP contribution is 2.13. The van der Waals surface area contributed by atoms with E-state index < -0.39 is 0 Å². The van der Waals surface area contributed by atoms with E-state index in [-0.39, 0.29) is 5.97 Å². The van der Waals surface area contributed by atoms with Crippen LogP contribution in [-0.2, 0) is 11.3 Å². The number of esters is 1. The summed E-state index contributed by atoms with van der Waals surface area (Å²) in [5.41, 5.74) is 3.52. The Morgan fingerprint density at radius 2 is 1.88 bits per heavy atom. The summed E-state index contributed by atoms with van der Waals surface area (Å²) in [6.07, 6.45) is 0. The minimum absolute atomic E-state index is 0.342. The molecule has 0 heterocycles. The molecule has 2 N–H and O–H groups in total. The molecule has 0 saturated heterocycles. The van der Waals surface area contributed by atoms with Crippen molar-refractivity contribution in [3.8, 4) is 0 Å². The molecule has 0 unspecified atom stereocenters. The first-order valence-electron chi connectivity index (χ1n) is 8.08. The van der Waals surface area contributed by atoms with Gasteiger partial charge >= 0.3 is 5.97 Å². The minimum Gasteiger partial charge on any atom is -0.462 e. The van der Waals surface area contributed by atoms with Crippen LogP contribution < -0.4 is 15.5 Å². The zero-order valence-corrected chi connectivity index (χ0v) is 15.5. The molecule has 0 radical (unpaired) electrons. The lowest BCUT2D eigenvalue weighted by molar-refractivity contribution is 0.0526. The lowest BCUT2D eigenvalue weighted by Crippen LogP contribution is -2.28. The van der Waals surface area contributed by atoms with Gasteiger partial charge in [-0.15, -0.1) is 0 Å². The highest BCUT2D eigenvalue weighted by molar-refractivity contribution is 7.80. The Labute approximate surface area is 154 Å². The zero-order chi connectivity index (χ0) is 18.2. The van der Waals surface area contributed by atoms with Gasteiger partial charge in [-0.1, -0.05) is 18.2 Å². The predicted molar refractivity (Wildman–Crippen MR) is 106 cm³/mol. The molecule has 0 spiro atoms. The van der Waals surface area contributed by atoms with E-state index in [1.165, 1.54) is 0 Å². The number of carbonyl (C=O) groups excluding carboxylic acids is 1. The number of thiocarbonyl (C=S) groups is 1. The van der Waals surface area contributed by atoms with Crippen LogP contribution in [0.25, 0.3) is 0 Å². The molecule has 6 heteroatoms. The number of carbonyl (C=O) groups is 1. The van der Waals surface area contributed by atoms with Crippen molar-refractivity contribution in [1.82, 2.24) is 5.32 Å². The van der Waals surface area contributed by atoms with Crippen LogP contribution in [0.2, 0.25) is 0 Å². The maximum Gasteiger partial charge on any atom is 0.338 e. The molecule has 2 rings (SSSR count). The number of hydrogen-bond acceptors (Lipinski definition) is 4. The quantitative estimate of drug-likeness (QED) is 0.610. The number of nitrogens with zero attached hydrogens (tertiary/aromatic N) is 1. The van der Waals surface area contributed by atoms with Crippen molar-refractivity contribution in [2.24, 2.45) is 0 Å². The fourth-order valence-corrected chi connectivity index (χ4v) is 2.40. The number of nitrogens with one attached hydrogen (secondary N) is 2. The third kappa shape index (κ3) is 5.76. The van der Waals surface area contributed by atoms with Crippen LogP contribution in [0.15, 0.2) is 48.5 Å². The molecule has 0 aromatic heterocycles. The third-order valence-electron chi connectivity index (χ3n) is 3.54. The number of hydrogen-bond donors (Lipinski definition) is 2. The summed E-state index contributed by atoms with van der Waals surface area (Å²) < 4.78 is 5.00. The van der Waals surface area contributed by atoms with Gasteiger partial charge in [-0.3, -0.25) is 0 Å². The summed E-state index contributed by atoms with van der Waals surface area (Å²) in [5.74, 6) is -0.342. The SMILES string of the molecule is CCOC(=O)c1cccc(NC(=S)NCc2ccc(N(C)C)cc2)c1. The predicted octanol–water partition coefficient (Wildman–Crippen LogP) is 3.42. The van der Waals surface area contributed by atoms with Crippen molar-refractivity contribution >= 4 is 34.7 Å². The average Bonchev–Trinajstić information content (AvgIpc) is 2.61. The maximum atomic E-state index is 11.8. The fourth-order valence-electron chi connectivity index (χ4n) is 2.21. The van der Waals surface area contributed by atoms with Crippen LogP contribution in [0.1, 0.15) is 22.8 Å². The number of ether oxygens (including phenoxy) is 1. The van der Waals surface area contributed by atoms with E-state index in [2.05, 4.69) is 39.8 Å². The molecule has 2 aromatic rings. The maximum absolute atomic E-state index is 11.8. The summed E-state index contributed by atoms with van der Waals surface area (Å²) in [4.78, 5) is 13.8. The Morgan fingerprint density at radius 3 is 2.52 bits per heavy atom. The Balaban J connectivity index is 1.89. The van der Waals surface area contributed by atoms with E-state index in [9.17, 15) is 4.79 Å². The van der Waals surface area contributed by atoms with Crippen LogP contribution in [-0.4, -0.2) is 31.8 Å². The second-order valence-corrected chi connectivity index (χ2v) is 6.08. The van der Waals surface area contributed by atoms with Crippen LogP contribution in [0.4, 0.5) is 11.4 Å². The molecule has 0 atom stereocenters. The van der Waals surface area contributed by atoms with Gasteiger partial charge in [-0.2, -0.15) is 0 Å². The topological polar surface area (TPSA) is 53.6 Å². The second-order valence-electron chi connectivity index (χ2n) is 5.67. The smallest absolute Gasteiger partial charge is 0.338 e. The molecule has 0 saturated carbocycles.